The van der Waals surface area contributed by atoms with Gasteiger partial charge in [-0.1, -0.05) is 42.5 Å². The van der Waals surface area contributed by atoms with Crippen LogP contribution in [0.1, 0.15) is 89.5 Å². The van der Waals surface area contributed by atoms with Gasteiger partial charge in [0.05, 0.1) is 34.7 Å². The summed E-state index contributed by atoms with van der Waals surface area (Å²) >= 11 is 3.08. The van der Waals surface area contributed by atoms with Gasteiger partial charge in [0.1, 0.15) is 5.75 Å². The molecule has 2 bridgehead atoms. The van der Waals surface area contributed by atoms with Crippen LogP contribution < -0.4 is 4.74 Å². The molecule has 8 heteroatoms. The SMILES string of the molecule is COc1ccc2nc(SCC3(O)CCC4c5ccc(cc5C(=O)c5ccc(C)s5)CC(O)CCC(C)=CCCC43C)[nH]c2c1. The van der Waals surface area contributed by atoms with Crippen LogP contribution in [0.15, 0.2) is 65.3 Å². The van der Waals surface area contributed by atoms with Crippen molar-refractivity contribution in [2.45, 2.75) is 88.5 Å². The van der Waals surface area contributed by atoms with Gasteiger partial charge in [-0.15, -0.1) is 11.3 Å². The summed E-state index contributed by atoms with van der Waals surface area (Å²) in [5.74, 6) is 1.30. The normalized spacial score (nSPS) is 25.9. The lowest BCUT2D eigenvalue weighted by Crippen LogP contribution is -2.46. The number of fused-ring (bicyclic) bond motifs is 9. The Kier molecular flexibility index (Phi) is 8.81. The molecule has 1 fully saturated rings. The van der Waals surface area contributed by atoms with Gasteiger partial charge in [-0.05, 0) is 106 Å². The lowest BCUT2D eigenvalue weighted by atomic mass is 9.65. The zero-order valence-electron chi connectivity index (χ0n) is 26.0. The second-order valence-electron chi connectivity index (χ2n) is 12.9. The van der Waals surface area contributed by atoms with Crippen molar-refractivity contribution < 1.29 is 19.7 Å². The minimum Gasteiger partial charge on any atom is -0.497 e. The number of aromatic nitrogens is 2. The highest BCUT2D eigenvalue weighted by molar-refractivity contribution is 7.99. The highest BCUT2D eigenvalue weighted by atomic mass is 32.2. The zero-order valence-corrected chi connectivity index (χ0v) is 27.6. The molecule has 0 saturated heterocycles. The van der Waals surface area contributed by atoms with Crippen LogP contribution in [0.2, 0.25) is 0 Å². The fourth-order valence-electron chi connectivity index (χ4n) is 7.21. The number of benzene rings is 2. The van der Waals surface area contributed by atoms with Crippen molar-refractivity contribution >= 4 is 39.9 Å². The van der Waals surface area contributed by atoms with Crippen molar-refractivity contribution in [3.63, 3.8) is 0 Å². The highest BCUT2D eigenvalue weighted by Gasteiger charge is 2.56. The molecule has 3 aliphatic carbocycles. The number of methoxy groups -OCH3 is 1. The maximum Gasteiger partial charge on any atom is 0.203 e. The lowest BCUT2D eigenvalue weighted by Gasteiger charge is -2.44. The van der Waals surface area contributed by atoms with Gasteiger partial charge in [0.25, 0.3) is 0 Å². The molecule has 232 valence electrons. The van der Waals surface area contributed by atoms with Crippen LogP contribution in [0.3, 0.4) is 0 Å². The third-order valence-corrected chi connectivity index (χ3v) is 12.1. The van der Waals surface area contributed by atoms with E-state index in [4.69, 9.17) is 9.72 Å². The average Bonchev–Trinajstić information content (AvgIpc) is 3.70. The maximum atomic E-state index is 14.1. The number of rotatable bonds is 6. The minimum atomic E-state index is -0.966. The van der Waals surface area contributed by atoms with Crippen molar-refractivity contribution in [1.82, 2.24) is 9.97 Å². The van der Waals surface area contributed by atoms with Crippen LogP contribution in [0.4, 0.5) is 0 Å². The van der Waals surface area contributed by atoms with Crippen molar-refractivity contribution in [3.05, 3.63) is 86.6 Å². The molecule has 6 nitrogen and oxygen atoms in total. The van der Waals surface area contributed by atoms with E-state index in [9.17, 15) is 15.0 Å². The third-order valence-electron chi connectivity index (χ3n) is 10.00. The number of hydrogen-bond acceptors (Lipinski definition) is 7. The molecule has 4 unspecified atom stereocenters. The van der Waals surface area contributed by atoms with Crippen LogP contribution in [0.5, 0.6) is 5.75 Å². The summed E-state index contributed by atoms with van der Waals surface area (Å²) in [6.45, 7) is 6.39. The summed E-state index contributed by atoms with van der Waals surface area (Å²) in [5, 5.41) is 24.2. The molecule has 0 amide bonds. The van der Waals surface area contributed by atoms with Crippen LogP contribution >= 0.6 is 23.1 Å². The average molecular weight is 631 g/mol. The summed E-state index contributed by atoms with van der Waals surface area (Å²) in [7, 11) is 1.65. The van der Waals surface area contributed by atoms with Crippen LogP contribution in [-0.4, -0.2) is 50.5 Å². The Labute approximate surface area is 268 Å². The van der Waals surface area contributed by atoms with Gasteiger partial charge < -0.3 is 19.9 Å². The third kappa shape index (κ3) is 6.02. The van der Waals surface area contributed by atoms with E-state index in [1.807, 2.05) is 43.3 Å². The second-order valence-corrected chi connectivity index (χ2v) is 15.2. The number of ether oxygens (including phenoxy) is 1. The van der Waals surface area contributed by atoms with E-state index in [-0.39, 0.29) is 11.7 Å². The largest absolute Gasteiger partial charge is 0.497 e. The van der Waals surface area contributed by atoms with Crippen molar-refractivity contribution in [3.8, 4) is 5.75 Å². The predicted molar refractivity (Wildman–Crippen MR) is 179 cm³/mol. The van der Waals surface area contributed by atoms with E-state index < -0.39 is 17.1 Å². The monoisotopic (exact) mass is 630 g/mol. The number of nitrogens with one attached hydrogen (secondary N) is 1. The summed E-state index contributed by atoms with van der Waals surface area (Å²) in [4.78, 5) is 24.1. The lowest BCUT2D eigenvalue weighted by molar-refractivity contribution is -0.0422. The molecule has 7 rings (SSSR count). The number of imidazole rings is 1. The number of aromatic amines is 1. The van der Waals surface area contributed by atoms with Crippen LogP contribution in [-0.2, 0) is 6.42 Å². The first-order valence-electron chi connectivity index (χ1n) is 15.6. The second kappa shape index (κ2) is 12.5. The van der Waals surface area contributed by atoms with Gasteiger partial charge in [0.15, 0.2) is 5.16 Å². The van der Waals surface area contributed by atoms with E-state index in [2.05, 4.69) is 37.0 Å². The van der Waals surface area contributed by atoms with Gasteiger partial charge in [-0.25, -0.2) is 4.98 Å². The van der Waals surface area contributed by atoms with Crippen molar-refractivity contribution in [2.24, 2.45) is 5.41 Å². The number of aliphatic hydroxyl groups is 2. The molecule has 0 radical (unpaired) electrons. The number of thioether (sulfide) groups is 1. The number of hydrogen-bond donors (Lipinski definition) is 3. The summed E-state index contributed by atoms with van der Waals surface area (Å²) < 4.78 is 5.38. The molecular weight excluding hydrogens is 589 g/mol. The first-order valence-corrected chi connectivity index (χ1v) is 17.4. The standard InChI is InChI=1S/C36H42N2O4S2/c1-22-6-5-16-35(3)29(15-17-36(35,41)21-43-34-37-30-13-11-26(42-4)20-31(30)38-34)27-12-9-24(18-25(39)10-7-22)19-28(27)33(40)32-14-8-23(2)44-32/h6,8-9,11-14,19-20,25,29,39,41H,5,7,10,15-18,21H2,1-4H3,(H,37,38). The molecule has 0 spiro atoms. The molecule has 2 aromatic carbocycles. The number of ketones is 1. The van der Waals surface area contributed by atoms with Crippen molar-refractivity contribution in [1.29, 1.82) is 0 Å². The van der Waals surface area contributed by atoms with Crippen LogP contribution in [0, 0.1) is 12.3 Å². The summed E-state index contributed by atoms with van der Waals surface area (Å²) in [5.41, 5.74) is 4.30. The summed E-state index contributed by atoms with van der Waals surface area (Å²) in [6.07, 6.45) is 6.90. The number of aliphatic hydroxyl groups excluding tert-OH is 1. The Morgan fingerprint density at radius 3 is 2.75 bits per heavy atom. The van der Waals surface area contributed by atoms with Crippen LogP contribution in [0.25, 0.3) is 11.0 Å². The topological polar surface area (TPSA) is 95.4 Å². The number of carbonyl (C=O) groups excluding carboxylic acids is 1. The Bertz CT molecular complexity index is 1710. The minimum absolute atomic E-state index is 0.00339. The molecule has 0 aliphatic heterocycles. The molecule has 1 saturated carbocycles. The molecule has 2 heterocycles. The molecule has 3 N–H and O–H groups in total. The molecule has 44 heavy (non-hydrogen) atoms. The quantitative estimate of drug-likeness (QED) is 0.114. The van der Waals surface area contributed by atoms with Gasteiger partial charge in [-0.2, -0.15) is 0 Å². The maximum absolute atomic E-state index is 14.1. The number of H-pyrrole nitrogens is 1. The highest BCUT2D eigenvalue weighted by Crippen LogP contribution is 2.59. The predicted octanol–water partition coefficient (Wildman–Crippen LogP) is 8.00. The van der Waals surface area contributed by atoms with E-state index in [0.717, 1.165) is 68.5 Å². The molecular formula is C36H42N2O4S2. The number of nitrogens with zero attached hydrogens (tertiary/aromatic N) is 1. The number of allylic oxidation sites excluding steroid dienone is 2. The summed E-state index contributed by atoms with van der Waals surface area (Å²) in [6, 6.07) is 15.9. The van der Waals surface area contributed by atoms with Gasteiger partial charge in [0.2, 0.25) is 5.78 Å². The van der Waals surface area contributed by atoms with Gasteiger partial charge in [-0.3, -0.25) is 4.79 Å². The Balaban J connectivity index is 1.38. The van der Waals surface area contributed by atoms with E-state index in [0.29, 0.717) is 30.6 Å². The number of thiophene rings is 1. The molecule has 2 aromatic heterocycles. The molecule has 3 aliphatic rings. The van der Waals surface area contributed by atoms with Crippen molar-refractivity contribution in [2.75, 3.05) is 12.9 Å². The Morgan fingerprint density at radius 1 is 1.14 bits per heavy atom. The number of carbonyl (C=O) groups is 1. The fourth-order valence-corrected chi connectivity index (χ4v) is 9.23. The van der Waals surface area contributed by atoms with Gasteiger partial charge >= 0.3 is 0 Å². The molecule has 4 atom stereocenters. The number of aryl methyl sites for hydroxylation is 1. The Morgan fingerprint density at radius 2 is 1.98 bits per heavy atom. The van der Waals surface area contributed by atoms with E-state index >= 15 is 0 Å². The molecule has 4 aromatic rings. The first-order chi connectivity index (χ1) is 21.1. The first kappa shape index (κ1) is 31.1. The van der Waals surface area contributed by atoms with E-state index in [1.165, 1.54) is 16.9 Å². The van der Waals surface area contributed by atoms with Gasteiger partial charge in [0, 0.05) is 27.7 Å². The smallest absolute Gasteiger partial charge is 0.203 e. The van der Waals surface area contributed by atoms with E-state index in [1.54, 1.807) is 18.9 Å². The Hall–Kier alpha value is -2.91. The fraction of sp³-hybridized carbons (Fsp3) is 0.444. The zero-order chi connectivity index (χ0) is 31.1.